The van der Waals surface area contributed by atoms with E-state index in [4.69, 9.17) is 28.9 Å². The lowest BCUT2D eigenvalue weighted by Gasteiger charge is -2.08. The second-order valence-electron chi connectivity index (χ2n) is 4.40. The molecule has 4 nitrogen and oxygen atoms in total. The van der Waals surface area contributed by atoms with Gasteiger partial charge in [-0.15, -0.1) is 0 Å². The van der Waals surface area contributed by atoms with Crippen LogP contribution in [-0.4, -0.2) is 14.5 Å². The predicted molar refractivity (Wildman–Crippen MR) is 83.1 cm³/mol. The maximum atomic E-state index is 6.10. The number of nitrogen functional groups attached to an aromatic ring is 1. The van der Waals surface area contributed by atoms with Crippen molar-refractivity contribution in [1.29, 1.82) is 0 Å². The van der Waals surface area contributed by atoms with Crippen LogP contribution < -0.4 is 5.73 Å². The van der Waals surface area contributed by atoms with Crippen LogP contribution >= 0.6 is 23.2 Å². The van der Waals surface area contributed by atoms with E-state index >= 15 is 0 Å². The molecular formula is C14H12Cl2N4. The molecule has 1 aromatic carbocycles. The molecule has 0 fully saturated rings. The number of anilines is 1. The highest BCUT2D eigenvalue weighted by Crippen LogP contribution is 2.34. The summed E-state index contributed by atoms with van der Waals surface area (Å²) >= 11 is 12.2. The molecule has 0 atom stereocenters. The Labute approximate surface area is 126 Å². The number of nitrogens with zero attached hydrogens (tertiary/aromatic N) is 3. The standard InChI is InChI=1S/C14H12Cl2N4/c1-2-20-12-3-4-18-7-11(12)19-14(20)8-5-9(15)13(17)10(16)6-8/h3-7H,2,17H2,1H3. The minimum Gasteiger partial charge on any atom is -0.396 e. The van der Waals surface area contributed by atoms with Crippen molar-refractivity contribution in [3.05, 3.63) is 40.6 Å². The van der Waals surface area contributed by atoms with E-state index in [9.17, 15) is 0 Å². The number of rotatable bonds is 2. The Kier molecular flexibility index (Phi) is 3.28. The number of halogens is 2. The molecule has 0 spiro atoms. The molecule has 2 N–H and O–H groups in total. The van der Waals surface area contributed by atoms with E-state index in [1.54, 1.807) is 24.5 Å². The maximum Gasteiger partial charge on any atom is 0.141 e. The second-order valence-corrected chi connectivity index (χ2v) is 5.21. The third kappa shape index (κ3) is 2.01. The van der Waals surface area contributed by atoms with Crippen molar-refractivity contribution < 1.29 is 0 Å². The highest BCUT2D eigenvalue weighted by Gasteiger charge is 2.14. The molecule has 0 radical (unpaired) electrons. The molecule has 2 aromatic heterocycles. The topological polar surface area (TPSA) is 56.7 Å². The molecule has 0 unspecified atom stereocenters. The molecule has 20 heavy (non-hydrogen) atoms. The number of hydrogen-bond acceptors (Lipinski definition) is 3. The van der Waals surface area contributed by atoms with E-state index in [0.29, 0.717) is 15.7 Å². The van der Waals surface area contributed by atoms with Crippen LogP contribution in [0.4, 0.5) is 5.69 Å². The van der Waals surface area contributed by atoms with E-state index in [0.717, 1.165) is 29.0 Å². The maximum absolute atomic E-state index is 6.10. The van der Waals surface area contributed by atoms with E-state index in [1.165, 1.54) is 0 Å². The lowest BCUT2D eigenvalue weighted by Crippen LogP contribution is -1.98. The molecule has 2 heterocycles. The Morgan fingerprint density at radius 3 is 2.60 bits per heavy atom. The fourth-order valence-corrected chi connectivity index (χ4v) is 2.72. The minimum atomic E-state index is 0.387. The fourth-order valence-electron chi connectivity index (χ4n) is 2.24. The fraction of sp³-hybridized carbons (Fsp3) is 0.143. The summed E-state index contributed by atoms with van der Waals surface area (Å²) < 4.78 is 2.09. The van der Waals surface area contributed by atoms with Crippen molar-refractivity contribution in [2.24, 2.45) is 0 Å². The first-order chi connectivity index (χ1) is 9.61. The minimum absolute atomic E-state index is 0.387. The van der Waals surface area contributed by atoms with Crippen LogP contribution in [0, 0.1) is 0 Å². The quantitative estimate of drug-likeness (QED) is 0.728. The molecule has 0 amide bonds. The molecule has 0 aliphatic rings. The Hall–Kier alpha value is -1.78. The molecule has 0 aliphatic carbocycles. The lowest BCUT2D eigenvalue weighted by molar-refractivity contribution is 0.796. The van der Waals surface area contributed by atoms with Crippen LogP contribution in [0.1, 0.15) is 6.92 Å². The average Bonchev–Trinajstić information content (AvgIpc) is 2.82. The van der Waals surface area contributed by atoms with Crippen molar-refractivity contribution in [2.45, 2.75) is 13.5 Å². The zero-order valence-corrected chi connectivity index (χ0v) is 12.3. The van der Waals surface area contributed by atoms with Crippen LogP contribution in [-0.2, 0) is 6.54 Å². The summed E-state index contributed by atoms with van der Waals surface area (Å²) in [6, 6.07) is 5.50. The zero-order valence-electron chi connectivity index (χ0n) is 10.8. The third-order valence-electron chi connectivity index (χ3n) is 3.20. The molecule has 0 saturated carbocycles. The molecule has 3 aromatic rings. The highest BCUT2D eigenvalue weighted by molar-refractivity contribution is 6.39. The first-order valence-electron chi connectivity index (χ1n) is 6.17. The predicted octanol–water partition coefficient (Wildman–Crippen LogP) is 4.01. The number of benzene rings is 1. The largest absolute Gasteiger partial charge is 0.396 e. The number of pyridine rings is 1. The Balaban J connectivity index is 2.29. The van der Waals surface area contributed by atoms with E-state index < -0.39 is 0 Å². The number of aryl methyl sites for hydroxylation is 1. The summed E-state index contributed by atoms with van der Waals surface area (Å²) in [6.45, 7) is 2.85. The zero-order chi connectivity index (χ0) is 14.3. The van der Waals surface area contributed by atoms with Gasteiger partial charge < -0.3 is 10.3 Å². The first kappa shape index (κ1) is 13.2. The van der Waals surface area contributed by atoms with Crippen LogP contribution in [0.25, 0.3) is 22.4 Å². The van der Waals surface area contributed by atoms with Crippen LogP contribution in [0.5, 0.6) is 0 Å². The first-order valence-corrected chi connectivity index (χ1v) is 6.92. The van der Waals surface area contributed by atoms with Crippen LogP contribution in [0.3, 0.4) is 0 Å². The monoisotopic (exact) mass is 306 g/mol. The normalized spacial score (nSPS) is 11.2. The molecule has 6 heteroatoms. The van der Waals surface area contributed by atoms with Crippen LogP contribution in [0.2, 0.25) is 10.0 Å². The van der Waals surface area contributed by atoms with Crippen molar-refractivity contribution in [3.63, 3.8) is 0 Å². The lowest BCUT2D eigenvalue weighted by atomic mass is 10.2. The van der Waals surface area contributed by atoms with Gasteiger partial charge in [0, 0.05) is 18.3 Å². The summed E-state index contributed by atoms with van der Waals surface area (Å²) in [5.74, 6) is 0.805. The van der Waals surface area contributed by atoms with Gasteiger partial charge in [0.15, 0.2) is 0 Å². The van der Waals surface area contributed by atoms with Gasteiger partial charge >= 0.3 is 0 Å². The summed E-state index contributed by atoms with van der Waals surface area (Å²) in [5.41, 5.74) is 8.87. The van der Waals surface area contributed by atoms with Gasteiger partial charge in [0.05, 0.1) is 27.4 Å². The van der Waals surface area contributed by atoms with Gasteiger partial charge in [-0.1, -0.05) is 23.2 Å². The van der Waals surface area contributed by atoms with Gasteiger partial charge in [0.25, 0.3) is 0 Å². The van der Waals surface area contributed by atoms with E-state index in [1.807, 2.05) is 6.07 Å². The molecular weight excluding hydrogens is 295 g/mol. The van der Waals surface area contributed by atoms with Crippen molar-refractivity contribution in [1.82, 2.24) is 14.5 Å². The SMILES string of the molecule is CCn1c(-c2cc(Cl)c(N)c(Cl)c2)nc2cnccc21. The smallest absolute Gasteiger partial charge is 0.141 e. The molecule has 0 aliphatic heterocycles. The molecule has 102 valence electrons. The van der Waals surface area contributed by atoms with Gasteiger partial charge in [-0.25, -0.2) is 4.98 Å². The van der Waals surface area contributed by atoms with Gasteiger partial charge in [0.1, 0.15) is 11.3 Å². The van der Waals surface area contributed by atoms with E-state index in [2.05, 4.69) is 21.5 Å². The summed E-state index contributed by atoms with van der Waals surface area (Å²) in [4.78, 5) is 8.70. The number of nitrogens with two attached hydrogens (primary N) is 1. The molecule has 3 rings (SSSR count). The molecule has 0 bridgehead atoms. The third-order valence-corrected chi connectivity index (χ3v) is 3.83. The number of aromatic nitrogens is 3. The molecule has 0 saturated heterocycles. The average molecular weight is 307 g/mol. The van der Waals surface area contributed by atoms with Gasteiger partial charge in [-0.05, 0) is 25.1 Å². The summed E-state index contributed by atoms with van der Waals surface area (Å²) in [7, 11) is 0. The van der Waals surface area contributed by atoms with Crippen molar-refractivity contribution in [2.75, 3.05) is 5.73 Å². The second kappa shape index (κ2) is 4.96. The number of hydrogen-bond donors (Lipinski definition) is 1. The number of fused-ring (bicyclic) bond motifs is 1. The van der Waals surface area contributed by atoms with Gasteiger partial charge in [-0.3, -0.25) is 4.98 Å². The van der Waals surface area contributed by atoms with Crippen LogP contribution in [0.15, 0.2) is 30.6 Å². The van der Waals surface area contributed by atoms with Gasteiger partial charge in [-0.2, -0.15) is 0 Å². The van der Waals surface area contributed by atoms with Crippen molar-refractivity contribution >= 4 is 39.9 Å². The Morgan fingerprint density at radius 1 is 1.25 bits per heavy atom. The Morgan fingerprint density at radius 2 is 1.95 bits per heavy atom. The Bertz CT molecular complexity index is 772. The summed E-state index contributed by atoms with van der Waals surface area (Å²) in [5, 5.41) is 0.862. The van der Waals surface area contributed by atoms with Crippen molar-refractivity contribution in [3.8, 4) is 11.4 Å². The number of imidazole rings is 1. The highest BCUT2D eigenvalue weighted by atomic mass is 35.5. The van der Waals surface area contributed by atoms with E-state index in [-0.39, 0.29) is 0 Å². The van der Waals surface area contributed by atoms with Gasteiger partial charge in [0.2, 0.25) is 0 Å². The summed E-state index contributed by atoms with van der Waals surface area (Å²) in [6.07, 6.45) is 3.49.